The van der Waals surface area contributed by atoms with Gasteiger partial charge in [-0.2, -0.15) is 0 Å². The molecule has 0 fully saturated rings. The lowest BCUT2D eigenvalue weighted by molar-refractivity contribution is 0.102. The van der Waals surface area contributed by atoms with Crippen LogP contribution in [0.3, 0.4) is 0 Å². The van der Waals surface area contributed by atoms with Crippen LogP contribution < -0.4 is 10.1 Å². The molecule has 1 N–H and O–H groups in total. The van der Waals surface area contributed by atoms with Gasteiger partial charge in [0.1, 0.15) is 5.75 Å². The molecular weight excluding hydrogens is 286 g/mol. The highest BCUT2D eigenvalue weighted by Crippen LogP contribution is 2.21. The Bertz CT molecular complexity index is 634. The summed E-state index contributed by atoms with van der Waals surface area (Å²) in [7, 11) is 0. The van der Waals surface area contributed by atoms with Crippen molar-refractivity contribution in [2.24, 2.45) is 0 Å². The van der Waals surface area contributed by atoms with Crippen molar-refractivity contribution in [3.8, 4) is 5.75 Å². The van der Waals surface area contributed by atoms with E-state index in [1.54, 1.807) is 12.1 Å². The largest absolute Gasteiger partial charge is 0.494 e. The number of ether oxygens (including phenoxy) is 1. The first kappa shape index (κ1) is 17.1. The maximum atomic E-state index is 12.3. The fraction of sp³-hybridized carbons (Fsp3) is 0.350. The summed E-state index contributed by atoms with van der Waals surface area (Å²) in [6.45, 7) is 7.09. The van der Waals surface area contributed by atoms with Crippen molar-refractivity contribution in [3.05, 3.63) is 59.7 Å². The third kappa shape index (κ3) is 4.85. The SMILES string of the molecule is CCCOc1cccc(C(=O)Nc2ccc(C(C)CC)cc2)c1. The van der Waals surface area contributed by atoms with Crippen molar-refractivity contribution in [2.45, 2.75) is 39.5 Å². The molecule has 2 aromatic rings. The van der Waals surface area contributed by atoms with Gasteiger partial charge < -0.3 is 10.1 Å². The van der Waals surface area contributed by atoms with E-state index in [1.165, 1.54) is 5.56 Å². The molecule has 2 aromatic carbocycles. The number of benzene rings is 2. The molecule has 0 saturated heterocycles. The quantitative estimate of drug-likeness (QED) is 0.759. The van der Waals surface area contributed by atoms with Crippen molar-refractivity contribution in [1.82, 2.24) is 0 Å². The third-order valence-corrected chi connectivity index (χ3v) is 3.92. The van der Waals surface area contributed by atoms with Gasteiger partial charge in [0.2, 0.25) is 0 Å². The lowest BCUT2D eigenvalue weighted by Gasteiger charge is -2.11. The van der Waals surface area contributed by atoms with Gasteiger partial charge in [0.05, 0.1) is 6.61 Å². The van der Waals surface area contributed by atoms with Crippen LogP contribution in [0.4, 0.5) is 5.69 Å². The van der Waals surface area contributed by atoms with Gasteiger partial charge in [-0.05, 0) is 54.7 Å². The van der Waals surface area contributed by atoms with E-state index in [0.29, 0.717) is 18.1 Å². The van der Waals surface area contributed by atoms with Crippen molar-refractivity contribution in [2.75, 3.05) is 11.9 Å². The molecule has 122 valence electrons. The number of hydrogen-bond acceptors (Lipinski definition) is 2. The standard InChI is InChI=1S/C20H25NO2/c1-4-13-23-19-8-6-7-17(14-19)20(22)21-18-11-9-16(10-12-18)15(3)5-2/h6-12,14-15H,4-5,13H2,1-3H3,(H,21,22). The second-order valence-corrected chi connectivity index (χ2v) is 5.76. The molecule has 2 rings (SSSR count). The summed E-state index contributed by atoms with van der Waals surface area (Å²) in [4.78, 5) is 12.3. The van der Waals surface area contributed by atoms with Gasteiger partial charge in [-0.25, -0.2) is 0 Å². The molecular formula is C20H25NO2. The van der Waals surface area contributed by atoms with Crippen LogP contribution >= 0.6 is 0 Å². The van der Waals surface area contributed by atoms with Crippen LogP contribution in [-0.2, 0) is 0 Å². The highest BCUT2D eigenvalue weighted by molar-refractivity contribution is 6.04. The third-order valence-electron chi connectivity index (χ3n) is 3.92. The maximum absolute atomic E-state index is 12.3. The minimum absolute atomic E-state index is 0.122. The second-order valence-electron chi connectivity index (χ2n) is 5.76. The zero-order chi connectivity index (χ0) is 16.7. The normalized spacial score (nSPS) is 11.8. The van der Waals surface area contributed by atoms with Crippen molar-refractivity contribution in [3.63, 3.8) is 0 Å². The number of rotatable bonds is 7. The van der Waals surface area contributed by atoms with Crippen LogP contribution in [0.2, 0.25) is 0 Å². The predicted octanol–water partition coefficient (Wildman–Crippen LogP) is 5.24. The van der Waals surface area contributed by atoms with E-state index in [9.17, 15) is 4.79 Å². The number of hydrogen-bond donors (Lipinski definition) is 1. The number of carbonyl (C=O) groups excluding carboxylic acids is 1. The molecule has 3 nitrogen and oxygen atoms in total. The van der Waals surface area contributed by atoms with E-state index >= 15 is 0 Å². The molecule has 1 atom stereocenters. The van der Waals surface area contributed by atoms with E-state index in [0.717, 1.165) is 24.3 Å². The average molecular weight is 311 g/mol. The summed E-state index contributed by atoms with van der Waals surface area (Å²) in [5, 5.41) is 2.93. The van der Waals surface area contributed by atoms with Crippen molar-refractivity contribution < 1.29 is 9.53 Å². The summed E-state index contributed by atoms with van der Waals surface area (Å²) < 4.78 is 5.57. The zero-order valence-corrected chi connectivity index (χ0v) is 14.1. The molecule has 0 aromatic heterocycles. The average Bonchev–Trinajstić information content (AvgIpc) is 2.60. The number of nitrogens with one attached hydrogen (secondary N) is 1. The molecule has 0 aliphatic heterocycles. The highest BCUT2D eigenvalue weighted by Gasteiger charge is 2.08. The second kappa shape index (κ2) is 8.37. The Labute approximate surface area is 138 Å². The lowest BCUT2D eigenvalue weighted by atomic mass is 9.98. The Morgan fingerprint density at radius 1 is 1.13 bits per heavy atom. The molecule has 1 unspecified atom stereocenters. The van der Waals surface area contributed by atoms with Gasteiger partial charge in [-0.3, -0.25) is 4.79 Å². The molecule has 0 bridgehead atoms. The molecule has 1 amide bonds. The minimum Gasteiger partial charge on any atom is -0.494 e. The molecule has 23 heavy (non-hydrogen) atoms. The molecule has 0 spiro atoms. The van der Waals surface area contributed by atoms with Crippen LogP contribution in [0, 0.1) is 0 Å². The van der Waals surface area contributed by atoms with E-state index in [4.69, 9.17) is 4.74 Å². The Morgan fingerprint density at radius 3 is 2.52 bits per heavy atom. The summed E-state index contributed by atoms with van der Waals surface area (Å²) in [5.41, 5.74) is 2.70. The molecule has 0 heterocycles. The molecule has 0 aliphatic rings. The topological polar surface area (TPSA) is 38.3 Å². The first-order valence-electron chi connectivity index (χ1n) is 8.28. The van der Waals surface area contributed by atoms with Crippen molar-refractivity contribution >= 4 is 11.6 Å². The zero-order valence-electron chi connectivity index (χ0n) is 14.1. The van der Waals surface area contributed by atoms with E-state index in [1.807, 2.05) is 24.3 Å². The van der Waals surface area contributed by atoms with Gasteiger partial charge in [-0.15, -0.1) is 0 Å². The van der Waals surface area contributed by atoms with Crippen LogP contribution in [0.5, 0.6) is 5.75 Å². The van der Waals surface area contributed by atoms with Gasteiger partial charge in [0.25, 0.3) is 5.91 Å². The smallest absolute Gasteiger partial charge is 0.255 e. The first-order valence-corrected chi connectivity index (χ1v) is 8.28. The summed E-state index contributed by atoms with van der Waals surface area (Å²) in [5.74, 6) is 1.14. The van der Waals surface area contributed by atoms with E-state index in [-0.39, 0.29) is 5.91 Å². The number of carbonyl (C=O) groups is 1. The predicted molar refractivity (Wildman–Crippen MR) is 95.3 cm³/mol. The highest BCUT2D eigenvalue weighted by atomic mass is 16.5. The maximum Gasteiger partial charge on any atom is 0.255 e. The monoisotopic (exact) mass is 311 g/mol. The van der Waals surface area contributed by atoms with Gasteiger partial charge in [0.15, 0.2) is 0 Å². The van der Waals surface area contributed by atoms with Gasteiger partial charge in [-0.1, -0.05) is 39.0 Å². The summed E-state index contributed by atoms with van der Waals surface area (Å²) in [6, 6.07) is 15.3. The van der Waals surface area contributed by atoms with Crippen LogP contribution in [0.1, 0.15) is 55.5 Å². The molecule has 0 saturated carbocycles. The van der Waals surface area contributed by atoms with Crippen molar-refractivity contribution in [1.29, 1.82) is 0 Å². The fourth-order valence-corrected chi connectivity index (χ4v) is 2.28. The van der Waals surface area contributed by atoms with E-state index < -0.39 is 0 Å². The lowest BCUT2D eigenvalue weighted by Crippen LogP contribution is -2.12. The Balaban J connectivity index is 2.04. The minimum atomic E-state index is -0.122. The molecule has 0 aliphatic carbocycles. The van der Waals surface area contributed by atoms with Crippen LogP contribution in [0.15, 0.2) is 48.5 Å². The van der Waals surface area contributed by atoms with Gasteiger partial charge in [0, 0.05) is 11.3 Å². The number of anilines is 1. The van der Waals surface area contributed by atoms with Crippen LogP contribution in [-0.4, -0.2) is 12.5 Å². The first-order chi connectivity index (χ1) is 11.1. The Morgan fingerprint density at radius 2 is 1.87 bits per heavy atom. The summed E-state index contributed by atoms with van der Waals surface area (Å²) in [6.07, 6.45) is 2.05. The number of amides is 1. The Kier molecular flexibility index (Phi) is 6.21. The van der Waals surface area contributed by atoms with Crippen LogP contribution in [0.25, 0.3) is 0 Å². The van der Waals surface area contributed by atoms with E-state index in [2.05, 4.69) is 38.2 Å². The fourth-order valence-electron chi connectivity index (χ4n) is 2.28. The molecule has 3 heteroatoms. The Hall–Kier alpha value is -2.29. The van der Waals surface area contributed by atoms with Gasteiger partial charge >= 0.3 is 0 Å². The summed E-state index contributed by atoms with van der Waals surface area (Å²) >= 11 is 0. The molecule has 0 radical (unpaired) electrons.